The molecule has 1 heterocycles. The Morgan fingerprint density at radius 2 is 1.85 bits per heavy atom. The largest absolute Gasteiger partial charge is 0.489 e. The Balaban J connectivity index is 2.37. The molecule has 0 amide bonds. The van der Waals surface area contributed by atoms with Crippen LogP contribution in [-0.2, 0) is 18.8 Å². The maximum atomic E-state index is 12.2. The van der Waals surface area contributed by atoms with Gasteiger partial charge in [-0.2, -0.15) is 0 Å². The van der Waals surface area contributed by atoms with E-state index in [0.29, 0.717) is 19.0 Å². The summed E-state index contributed by atoms with van der Waals surface area (Å²) >= 11 is 0. The number of ether oxygens (including phenoxy) is 2. The molecule has 1 fully saturated rings. The highest BCUT2D eigenvalue weighted by molar-refractivity contribution is 6.48. The summed E-state index contributed by atoms with van der Waals surface area (Å²) in [5.74, 6) is 0.0678. The van der Waals surface area contributed by atoms with E-state index in [4.69, 9.17) is 18.8 Å². The van der Waals surface area contributed by atoms with Gasteiger partial charge in [0.2, 0.25) is 0 Å². The van der Waals surface area contributed by atoms with Crippen molar-refractivity contribution in [2.45, 2.75) is 58.1 Å². The van der Waals surface area contributed by atoms with Crippen molar-refractivity contribution in [1.82, 2.24) is 0 Å². The fourth-order valence-electron chi connectivity index (χ4n) is 2.87. The van der Waals surface area contributed by atoms with Crippen LogP contribution in [0, 0.1) is 0 Å². The number of hydrogen-bond acceptors (Lipinski definition) is 5. The molecule has 0 bridgehead atoms. The Bertz CT molecular complexity index is 625. The quantitative estimate of drug-likeness (QED) is 0.400. The van der Waals surface area contributed by atoms with Crippen molar-refractivity contribution < 1.29 is 23.6 Å². The summed E-state index contributed by atoms with van der Waals surface area (Å²) in [4.78, 5) is 12.2. The Morgan fingerprint density at radius 3 is 2.42 bits per heavy atom. The second-order valence-electron chi connectivity index (χ2n) is 7.38. The van der Waals surface area contributed by atoms with Gasteiger partial charge in [-0.15, -0.1) is 0 Å². The van der Waals surface area contributed by atoms with E-state index in [0.717, 1.165) is 5.56 Å². The van der Waals surface area contributed by atoms with E-state index >= 15 is 0 Å². The average molecular weight is 360 g/mol. The highest BCUT2D eigenvalue weighted by Gasteiger charge is 2.54. The number of hydrogen-bond donors (Lipinski definition) is 0. The number of carbonyl (C=O) groups excluding carboxylic acids is 1. The second-order valence-corrected chi connectivity index (χ2v) is 7.38. The zero-order valence-corrected chi connectivity index (χ0v) is 16.4. The van der Waals surface area contributed by atoms with Crippen molar-refractivity contribution >= 4 is 13.1 Å². The molecule has 1 atom stereocenters. The van der Waals surface area contributed by atoms with Crippen LogP contribution in [-0.4, -0.2) is 37.5 Å². The molecule has 0 radical (unpaired) electrons. The molecule has 1 saturated heterocycles. The lowest BCUT2D eigenvalue weighted by molar-refractivity contribution is -0.143. The molecule has 1 aromatic carbocycles. The number of carbonyl (C=O) groups is 1. The first kappa shape index (κ1) is 20.5. The first-order valence-electron chi connectivity index (χ1n) is 9.05. The SMILES string of the molecule is C=CCOc1ccccc1C(CC(=O)OCC)B1OC(C)(C)C(C)(C)O1. The maximum absolute atomic E-state index is 12.2. The predicted molar refractivity (Wildman–Crippen MR) is 102 cm³/mol. The number of para-hydroxylation sites is 1. The van der Waals surface area contributed by atoms with Crippen molar-refractivity contribution in [3.05, 3.63) is 42.5 Å². The molecule has 0 spiro atoms. The minimum absolute atomic E-state index is 0.152. The van der Waals surface area contributed by atoms with Gasteiger partial charge in [0.05, 0.1) is 24.2 Å². The zero-order valence-electron chi connectivity index (χ0n) is 16.4. The van der Waals surface area contributed by atoms with Crippen molar-refractivity contribution in [3.63, 3.8) is 0 Å². The number of rotatable bonds is 8. The molecule has 0 aliphatic carbocycles. The lowest BCUT2D eigenvalue weighted by atomic mass is 9.66. The van der Waals surface area contributed by atoms with Crippen molar-refractivity contribution in [2.75, 3.05) is 13.2 Å². The van der Waals surface area contributed by atoms with Gasteiger partial charge in [-0.1, -0.05) is 30.9 Å². The zero-order chi connectivity index (χ0) is 19.4. The number of esters is 1. The molecule has 26 heavy (non-hydrogen) atoms. The molecule has 1 aliphatic heterocycles. The van der Waals surface area contributed by atoms with Gasteiger partial charge in [-0.25, -0.2) is 0 Å². The van der Waals surface area contributed by atoms with Crippen LogP contribution in [0.3, 0.4) is 0 Å². The molecule has 6 heteroatoms. The van der Waals surface area contributed by atoms with Gasteiger partial charge in [0.25, 0.3) is 0 Å². The minimum atomic E-state index is -0.571. The van der Waals surface area contributed by atoms with Gasteiger partial charge in [-0.05, 0) is 46.2 Å². The summed E-state index contributed by atoms with van der Waals surface area (Å²) in [6.07, 6.45) is 1.84. The molecular formula is C20H29BO5. The smallest absolute Gasteiger partial charge is 0.466 e. The lowest BCUT2D eigenvalue weighted by Crippen LogP contribution is -2.41. The van der Waals surface area contributed by atoms with Crippen molar-refractivity contribution in [2.24, 2.45) is 0 Å². The summed E-state index contributed by atoms with van der Waals surface area (Å²) in [6, 6.07) is 7.63. The Hall–Kier alpha value is -1.79. The second kappa shape index (κ2) is 8.27. The predicted octanol–water partition coefficient (Wildman–Crippen LogP) is 3.92. The van der Waals surface area contributed by atoms with Crippen LogP contribution < -0.4 is 4.74 Å². The Morgan fingerprint density at radius 1 is 1.23 bits per heavy atom. The van der Waals surface area contributed by atoms with E-state index in [1.165, 1.54) is 0 Å². The molecule has 5 nitrogen and oxygen atoms in total. The summed E-state index contributed by atoms with van der Waals surface area (Å²) in [7, 11) is -0.571. The Labute approximate surface area is 156 Å². The van der Waals surface area contributed by atoms with Gasteiger partial charge in [0.15, 0.2) is 0 Å². The molecule has 2 rings (SSSR count). The third-order valence-electron chi connectivity index (χ3n) is 4.97. The molecule has 1 aromatic rings. The first-order valence-corrected chi connectivity index (χ1v) is 9.05. The van der Waals surface area contributed by atoms with E-state index in [2.05, 4.69) is 6.58 Å². The van der Waals surface area contributed by atoms with Crippen LogP contribution in [0.15, 0.2) is 36.9 Å². The van der Waals surface area contributed by atoms with Crippen LogP contribution >= 0.6 is 0 Å². The van der Waals surface area contributed by atoms with Gasteiger partial charge in [-0.3, -0.25) is 4.79 Å². The molecular weight excluding hydrogens is 331 g/mol. The average Bonchev–Trinajstić information content (AvgIpc) is 2.79. The topological polar surface area (TPSA) is 54.0 Å². The van der Waals surface area contributed by atoms with E-state index in [-0.39, 0.29) is 18.2 Å². The molecule has 142 valence electrons. The van der Waals surface area contributed by atoms with Gasteiger partial charge in [0.1, 0.15) is 12.4 Å². The Kier molecular flexibility index (Phi) is 6.53. The maximum Gasteiger partial charge on any atom is 0.466 e. The van der Waals surface area contributed by atoms with Crippen LogP contribution in [0.5, 0.6) is 5.75 Å². The van der Waals surface area contributed by atoms with Crippen molar-refractivity contribution in [1.29, 1.82) is 0 Å². The monoisotopic (exact) mass is 360 g/mol. The van der Waals surface area contributed by atoms with Crippen molar-refractivity contribution in [3.8, 4) is 5.75 Å². The van der Waals surface area contributed by atoms with E-state index < -0.39 is 18.3 Å². The molecule has 0 aromatic heterocycles. The number of benzene rings is 1. The first-order chi connectivity index (χ1) is 12.2. The fraction of sp³-hybridized carbons (Fsp3) is 0.550. The van der Waals surface area contributed by atoms with Crippen LogP contribution in [0.1, 0.15) is 52.4 Å². The molecule has 1 aliphatic rings. The highest BCUT2D eigenvalue weighted by Crippen LogP contribution is 2.43. The van der Waals surface area contributed by atoms with E-state index in [1.807, 2.05) is 52.0 Å². The summed E-state index contributed by atoms with van der Waals surface area (Å²) in [5.41, 5.74) is -0.107. The van der Waals surface area contributed by atoms with Crippen LogP contribution in [0.25, 0.3) is 0 Å². The fourth-order valence-corrected chi connectivity index (χ4v) is 2.87. The summed E-state index contributed by atoms with van der Waals surface area (Å²) in [5, 5.41) is 0. The molecule has 0 saturated carbocycles. The molecule has 1 unspecified atom stereocenters. The van der Waals surface area contributed by atoms with E-state index in [1.54, 1.807) is 13.0 Å². The van der Waals surface area contributed by atoms with Crippen LogP contribution in [0.2, 0.25) is 0 Å². The van der Waals surface area contributed by atoms with E-state index in [9.17, 15) is 4.79 Å². The normalized spacial score (nSPS) is 19.0. The van der Waals surface area contributed by atoms with Gasteiger partial charge in [0, 0.05) is 5.82 Å². The third kappa shape index (κ3) is 4.49. The highest BCUT2D eigenvalue weighted by atomic mass is 16.7. The third-order valence-corrected chi connectivity index (χ3v) is 4.97. The minimum Gasteiger partial charge on any atom is -0.489 e. The summed E-state index contributed by atoms with van der Waals surface area (Å²) in [6.45, 7) is 14.2. The lowest BCUT2D eigenvalue weighted by Gasteiger charge is -2.32. The summed E-state index contributed by atoms with van der Waals surface area (Å²) < 4.78 is 23.4. The standard InChI is InChI=1S/C20H29BO5/c1-7-13-24-17-12-10-9-11-15(17)16(14-18(22)23-8-2)21-25-19(3,4)20(5,6)26-21/h7,9-12,16H,1,8,13-14H2,2-6H3. The van der Waals surface area contributed by atoms with Gasteiger partial charge < -0.3 is 18.8 Å². The molecule has 0 N–H and O–H groups in total. The van der Waals surface area contributed by atoms with Gasteiger partial charge >= 0.3 is 13.1 Å². The van der Waals surface area contributed by atoms with Crippen LogP contribution in [0.4, 0.5) is 0 Å².